The molecule has 7 aromatic carbocycles. The molecule has 0 unspecified atom stereocenters. The topological polar surface area (TPSA) is 9.86 Å². The second kappa shape index (κ2) is 9.09. The summed E-state index contributed by atoms with van der Waals surface area (Å²) in [5, 5.41) is 8.21. The van der Waals surface area contributed by atoms with E-state index >= 15 is 0 Å². The molecule has 4 heterocycles. The highest BCUT2D eigenvalue weighted by molar-refractivity contribution is 6.90. The number of hydrogen-bond acceptors (Lipinski definition) is 0. The van der Waals surface area contributed by atoms with Crippen LogP contribution in [0.3, 0.4) is 0 Å². The second-order valence-corrected chi connectivity index (χ2v) is 17.8. The van der Waals surface area contributed by atoms with Gasteiger partial charge in [0.05, 0.1) is 11.0 Å². The van der Waals surface area contributed by atoms with Gasteiger partial charge >= 0.3 is 6.85 Å². The van der Waals surface area contributed by atoms with Gasteiger partial charge in [-0.3, -0.25) is 0 Å². The summed E-state index contributed by atoms with van der Waals surface area (Å²) in [6.45, 7) is 16.5. The molecule has 248 valence electrons. The largest absolute Gasteiger partial charge is 0.375 e. The summed E-state index contributed by atoms with van der Waals surface area (Å²) in [5.74, 6) is 0. The van der Waals surface area contributed by atoms with Crippen molar-refractivity contribution in [3.63, 3.8) is 0 Å². The third-order valence-corrected chi connectivity index (χ3v) is 12.8. The van der Waals surface area contributed by atoms with E-state index in [-0.39, 0.29) is 17.7 Å². The van der Waals surface area contributed by atoms with E-state index in [1.807, 2.05) is 0 Å². The maximum Gasteiger partial charge on any atom is 0.333 e. The van der Waals surface area contributed by atoms with Crippen molar-refractivity contribution in [3.05, 3.63) is 126 Å². The molecule has 0 amide bonds. The van der Waals surface area contributed by atoms with Gasteiger partial charge in [0.25, 0.3) is 0 Å². The molecule has 0 spiro atoms. The van der Waals surface area contributed by atoms with Crippen molar-refractivity contribution in [3.8, 4) is 39.1 Å². The van der Waals surface area contributed by atoms with Gasteiger partial charge in [-0.2, -0.15) is 0 Å². The molecule has 1 aliphatic carbocycles. The maximum atomic E-state index is 2.74. The highest BCUT2D eigenvalue weighted by Gasteiger charge is 2.43. The third-order valence-electron chi connectivity index (χ3n) is 12.8. The van der Waals surface area contributed by atoms with E-state index in [2.05, 4.69) is 167 Å². The lowest BCUT2D eigenvalue weighted by Gasteiger charge is -2.35. The lowest BCUT2D eigenvalue weighted by molar-refractivity contribution is 0.590. The first kappa shape index (κ1) is 29.1. The van der Waals surface area contributed by atoms with Crippen molar-refractivity contribution in [1.82, 2.24) is 9.05 Å². The zero-order valence-corrected chi connectivity index (χ0v) is 30.9. The molecule has 2 aliphatic heterocycles. The fourth-order valence-corrected chi connectivity index (χ4v) is 10.4. The van der Waals surface area contributed by atoms with E-state index in [0.717, 1.165) is 0 Å². The molecule has 52 heavy (non-hydrogen) atoms. The van der Waals surface area contributed by atoms with Crippen LogP contribution < -0.4 is 10.9 Å². The minimum absolute atomic E-state index is 0.00676. The highest BCUT2D eigenvalue weighted by atomic mass is 15.0. The van der Waals surface area contributed by atoms with Gasteiger partial charge in [0.1, 0.15) is 0 Å². The van der Waals surface area contributed by atoms with Crippen LogP contribution in [0.15, 0.2) is 109 Å². The molecule has 0 N–H and O–H groups in total. The Bertz CT molecular complexity index is 3150. The van der Waals surface area contributed by atoms with Crippen molar-refractivity contribution < 1.29 is 0 Å². The molecule has 2 aromatic heterocycles. The SMILES string of the molecule is Cc1ccc2c3c1-c1cc(C(C)(C)C)cc4c5cc(C(C)(C)C)ccc5n(c14)B3c1cc3cccc4c3c3c5c(cccc5n-2c13)-c1ccccc1-4. The predicted molar refractivity (Wildman–Crippen MR) is 224 cm³/mol. The molecule has 0 saturated heterocycles. The summed E-state index contributed by atoms with van der Waals surface area (Å²) in [4.78, 5) is 0. The van der Waals surface area contributed by atoms with Crippen LogP contribution in [0.25, 0.3) is 93.5 Å². The average Bonchev–Trinajstić information content (AvgIpc) is 3.60. The van der Waals surface area contributed by atoms with Gasteiger partial charge in [-0.15, -0.1) is 0 Å². The van der Waals surface area contributed by atoms with Gasteiger partial charge < -0.3 is 9.05 Å². The van der Waals surface area contributed by atoms with Crippen LogP contribution in [0, 0.1) is 6.92 Å². The molecular weight excluding hydrogens is 627 g/mol. The van der Waals surface area contributed by atoms with Crippen LogP contribution in [0.5, 0.6) is 0 Å². The van der Waals surface area contributed by atoms with Crippen LogP contribution in [0.1, 0.15) is 58.2 Å². The molecule has 3 aliphatic rings. The lowest BCUT2D eigenvalue weighted by Crippen LogP contribution is -2.55. The summed E-state index contributed by atoms with van der Waals surface area (Å²) >= 11 is 0. The fraction of sp³-hybridized carbons (Fsp3) is 0.184. The molecule has 3 heteroatoms. The minimum Gasteiger partial charge on any atom is -0.375 e. The van der Waals surface area contributed by atoms with Crippen molar-refractivity contribution in [1.29, 1.82) is 0 Å². The third kappa shape index (κ3) is 3.30. The summed E-state index contributed by atoms with van der Waals surface area (Å²) in [6, 6.07) is 42.7. The number of aryl methyl sites for hydroxylation is 1. The Hall–Kier alpha value is -5.54. The number of hydrogen-bond donors (Lipinski definition) is 0. The van der Waals surface area contributed by atoms with Crippen molar-refractivity contribution in [2.75, 3.05) is 0 Å². The summed E-state index contributed by atoms with van der Waals surface area (Å²) < 4.78 is 5.38. The Labute approximate surface area is 304 Å². The number of aromatic nitrogens is 2. The quantitative estimate of drug-likeness (QED) is 0.143. The van der Waals surface area contributed by atoms with Crippen LogP contribution in [-0.2, 0) is 10.8 Å². The second-order valence-electron chi connectivity index (χ2n) is 17.8. The highest BCUT2D eigenvalue weighted by Crippen LogP contribution is 2.52. The fourth-order valence-electron chi connectivity index (χ4n) is 10.4. The number of benzene rings is 7. The van der Waals surface area contributed by atoms with E-state index in [9.17, 15) is 0 Å². The number of nitrogens with zero attached hydrogens (tertiary/aromatic N) is 2. The smallest absolute Gasteiger partial charge is 0.333 e. The maximum absolute atomic E-state index is 2.74. The molecule has 0 bridgehead atoms. The Morgan fingerprint density at radius 3 is 1.96 bits per heavy atom. The first-order valence-corrected chi connectivity index (χ1v) is 18.9. The zero-order valence-electron chi connectivity index (χ0n) is 30.9. The normalized spacial score (nSPS) is 14.0. The first-order chi connectivity index (χ1) is 25.0. The van der Waals surface area contributed by atoms with Gasteiger partial charge in [-0.1, -0.05) is 114 Å². The first-order valence-electron chi connectivity index (χ1n) is 18.9. The molecular formula is C49H39BN2. The van der Waals surface area contributed by atoms with Crippen LogP contribution in [0.2, 0.25) is 0 Å². The molecule has 0 fully saturated rings. The molecule has 0 saturated carbocycles. The van der Waals surface area contributed by atoms with E-state index in [1.54, 1.807) is 0 Å². The Balaban J connectivity index is 1.34. The lowest BCUT2D eigenvalue weighted by atomic mass is 9.45. The van der Waals surface area contributed by atoms with E-state index < -0.39 is 0 Å². The van der Waals surface area contributed by atoms with Gasteiger partial charge in [0.15, 0.2) is 0 Å². The number of rotatable bonds is 0. The minimum atomic E-state index is 0.00676. The number of fused-ring (bicyclic) bond motifs is 11. The van der Waals surface area contributed by atoms with Crippen LogP contribution in [0.4, 0.5) is 0 Å². The molecule has 2 nitrogen and oxygen atoms in total. The summed E-state index contributed by atoms with van der Waals surface area (Å²) in [6.07, 6.45) is 0. The van der Waals surface area contributed by atoms with E-state index in [1.165, 1.54) is 121 Å². The molecule has 9 aromatic rings. The van der Waals surface area contributed by atoms with Gasteiger partial charge in [-0.25, -0.2) is 0 Å². The van der Waals surface area contributed by atoms with Gasteiger partial charge in [0.2, 0.25) is 0 Å². The molecule has 12 rings (SSSR count). The summed E-state index contributed by atoms with van der Waals surface area (Å²) in [7, 11) is 0. The molecule has 0 atom stereocenters. The van der Waals surface area contributed by atoms with Crippen molar-refractivity contribution in [2.45, 2.75) is 59.3 Å². The van der Waals surface area contributed by atoms with Crippen molar-refractivity contribution in [2.24, 2.45) is 0 Å². The summed E-state index contributed by atoms with van der Waals surface area (Å²) in [5.41, 5.74) is 21.7. The Morgan fingerprint density at radius 1 is 0.519 bits per heavy atom. The Kier molecular flexibility index (Phi) is 5.08. The van der Waals surface area contributed by atoms with E-state index in [4.69, 9.17) is 0 Å². The van der Waals surface area contributed by atoms with Crippen LogP contribution in [-0.4, -0.2) is 15.9 Å². The zero-order chi connectivity index (χ0) is 35.2. The molecule has 0 radical (unpaired) electrons. The van der Waals surface area contributed by atoms with Crippen molar-refractivity contribution >= 4 is 72.2 Å². The predicted octanol–water partition coefficient (Wildman–Crippen LogP) is 11.5. The monoisotopic (exact) mass is 666 g/mol. The van der Waals surface area contributed by atoms with Crippen LogP contribution >= 0.6 is 0 Å². The van der Waals surface area contributed by atoms with Gasteiger partial charge in [0, 0.05) is 43.8 Å². The average molecular weight is 667 g/mol. The standard InChI is InChI=1S/C49H39BN2/c1-26-18-20-40-45-41(26)36-25-29(49(5,6)7)24-35-34-23-28(48(2,3)4)19-21-38(34)52(46(35)36)50(45)37-22-27-12-10-15-32-30-13-8-9-14-31(30)33-16-11-17-39-43(33)44(42(27)32)47(37)51(39)40/h8-25H,1-7H3. The Morgan fingerprint density at radius 2 is 1.21 bits per heavy atom. The van der Waals surface area contributed by atoms with Gasteiger partial charge in [-0.05, 0) is 120 Å². The van der Waals surface area contributed by atoms with E-state index in [0.29, 0.717) is 0 Å².